The molecule has 6 heteroatoms. The zero-order valence-electron chi connectivity index (χ0n) is 14.0. The van der Waals surface area contributed by atoms with Gasteiger partial charge in [-0.05, 0) is 36.6 Å². The highest BCUT2D eigenvalue weighted by Crippen LogP contribution is 2.34. The molecule has 0 saturated carbocycles. The number of carbonyl (C=O) groups is 1. The van der Waals surface area contributed by atoms with Crippen molar-refractivity contribution in [3.05, 3.63) is 34.3 Å². The van der Waals surface area contributed by atoms with Crippen LogP contribution in [0.5, 0.6) is 0 Å². The molecule has 0 fully saturated rings. The van der Waals surface area contributed by atoms with E-state index in [0.29, 0.717) is 21.3 Å². The number of hydrogen-bond donors (Lipinski definition) is 1. The summed E-state index contributed by atoms with van der Waals surface area (Å²) in [6.45, 7) is 10.7. The lowest BCUT2D eigenvalue weighted by Gasteiger charge is -2.31. The van der Waals surface area contributed by atoms with Crippen LogP contribution in [-0.2, 0) is 16.6 Å². The molecule has 122 valence electrons. The Kier molecular flexibility index (Phi) is 6.07. The van der Waals surface area contributed by atoms with Gasteiger partial charge < -0.3 is 14.4 Å². The Morgan fingerprint density at radius 3 is 2.41 bits per heavy atom. The fourth-order valence-corrected chi connectivity index (χ4v) is 2.83. The molecule has 0 spiro atoms. The van der Waals surface area contributed by atoms with Crippen LogP contribution >= 0.6 is 11.6 Å². The van der Waals surface area contributed by atoms with Crippen molar-refractivity contribution in [2.45, 2.75) is 51.8 Å². The summed E-state index contributed by atoms with van der Waals surface area (Å²) in [5.74, 6) is 0. The second kappa shape index (κ2) is 7.02. The number of rotatable bonds is 5. The number of carboxylic acid groups (broad SMARTS) is 1. The minimum absolute atomic E-state index is 0.0882. The van der Waals surface area contributed by atoms with Gasteiger partial charge in [0, 0.05) is 24.2 Å². The SMILES string of the molecule is CN(Cc1ccc(Cl)c(C(C)(C)O[Si]C(C)(C)C)c1)C(=O)O. The van der Waals surface area contributed by atoms with Crippen LogP contribution in [0.4, 0.5) is 4.79 Å². The van der Waals surface area contributed by atoms with Gasteiger partial charge in [0.2, 0.25) is 9.76 Å². The molecule has 0 aromatic heterocycles. The van der Waals surface area contributed by atoms with Crippen LogP contribution in [-0.4, -0.2) is 32.9 Å². The maximum Gasteiger partial charge on any atom is 0.407 e. The van der Waals surface area contributed by atoms with Gasteiger partial charge in [-0.2, -0.15) is 0 Å². The molecule has 1 rings (SSSR count). The van der Waals surface area contributed by atoms with Crippen LogP contribution in [0.2, 0.25) is 10.1 Å². The summed E-state index contributed by atoms with van der Waals surface area (Å²) < 4.78 is 6.08. The maximum absolute atomic E-state index is 10.9. The largest absolute Gasteiger partial charge is 0.465 e. The van der Waals surface area contributed by atoms with E-state index < -0.39 is 11.7 Å². The lowest BCUT2D eigenvalue weighted by Crippen LogP contribution is -2.28. The number of nitrogens with zero attached hydrogens (tertiary/aromatic N) is 1. The highest BCUT2D eigenvalue weighted by atomic mass is 35.5. The first-order chi connectivity index (χ1) is 9.92. The van der Waals surface area contributed by atoms with Crippen LogP contribution in [0.25, 0.3) is 0 Å². The van der Waals surface area contributed by atoms with Crippen molar-refractivity contribution in [3.8, 4) is 0 Å². The van der Waals surface area contributed by atoms with Crippen molar-refractivity contribution in [3.63, 3.8) is 0 Å². The smallest absolute Gasteiger partial charge is 0.407 e. The fraction of sp³-hybridized carbons (Fsp3) is 0.562. The zero-order chi connectivity index (χ0) is 17.1. The minimum atomic E-state index is -0.957. The molecule has 2 radical (unpaired) electrons. The van der Waals surface area contributed by atoms with Crippen LogP contribution < -0.4 is 0 Å². The first kappa shape index (κ1) is 19.0. The summed E-state index contributed by atoms with van der Waals surface area (Å²) in [7, 11) is 1.88. The van der Waals surface area contributed by atoms with Crippen molar-refractivity contribution < 1.29 is 14.3 Å². The molecule has 0 saturated heterocycles. The van der Waals surface area contributed by atoms with Crippen LogP contribution in [0.1, 0.15) is 45.7 Å². The molecule has 0 unspecified atom stereocenters. The van der Waals surface area contributed by atoms with E-state index in [-0.39, 0.29) is 5.04 Å². The summed E-state index contributed by atoms with van der Waals surface area (Å²) in [5.41, 5.74) is 1.24. The number of hydrogen-bond acceptors (Lipinski definition) is 2. The second-order valence-electron chi connectivity index (χ2n) is 6.92. The lowest BCUT2D eigenvalue weighted by atomic mass is 9.96. The fourth-order valence-electron chi connectivity index (χ4n) is 1.81. The van der Waals surface area contributed by atoms with Crippen LogP contribution in [0.3, 0.4) is 0 Å². The van der Waals surface area contributed by atoms with Gasteiger partial charge in [0.1, 0.15) is 0 Å². The average Bonchev–Trinajstić information content (AvgIpc) is 2.37. The highest BCUT2D eigenvalue weighted by Gasteiger charge is 2.27. The van der Waals surface area contributed by atoms with Gasteiger partial charge in [0.05, 0.1) is 5.60 Å². The minimum Gasteiger partial charge on any atom is -0.465 e. The molecular weight excluding hydrogens is 318 g/mol. The van der Waals surface area contributed by atoms with E-state index in [1.807, 2.05) is 26.0 Å². The quantitative estimate of drug-likeness (QED) is 0.800. The average molecular weight is 342 g/mol. The van der Waals surface area contributed by atoms with Gasteiger partial charge >= 0.3 is 6.09 Å². The van der Waals surface area contributed by atoms with Gasteiger partial charge in [-0.15, -0.1) is 0 Å². The van der Waals surface area contributed by atoms with Gasteiger partial charge in [0.15, 0.2) is 0 Å². The third-order valence-electron chi connectivity index (χ3n) is 3.04. The maximum atomic E-state index is 10.9. The molecule has 1 aromatic rings. The lowest BCUT2D eigenvalue weighted by molar-refractivity contribution is 0.109. The zero-order valence-corrected chi connectivity index (χ0v) is 15.8. The molecule has 1 aromatic carbocycles. The van der Waals surface area contributed by atoms with E-state index in [1.165, 1.54) is 4.90 Å². The van der Waals surface area contributed by atoms with Crippen molar-refractivity contribution in [1.29, 1.82) is 0 Å². The van der Waals surface area contributed by atoms with Crippen molar-refractivity contribution in [2.75, 3.05) is 7.05 Å². The normalized spacial score (nSPS) is 12.3. The van der Waals surface area contributed by atoms with Crippen LogP contribution in [0, 0.1) is 0 Å². The Morgan fingerprint density at radius 1 is 1.32 bits per heavy atom. The van der Waals surface area contributed by atoms with Crippen molar-refractivity contribution >= 4 is 27.5 Å². The molecule has 0 aliphatic carbocycles. The molecule has 0 bridgehead atoms. The molecule has 0 aliphatic rings. The molecule has 0 heterocycles. The van der Waals surface area contributed by atoms with E-state index in [9.17, 15) is 4.79 Å². The molecular formula is C16H24ClNO3Si. The molecule has 1 amide bonds. The van der Waals surface area contributed by atoms with E-state index in [1.54, 1.807) is 13.1 Å². The summed E-state index contributed by atoms with van der Waals surface area (Å²) in [5, 5.41) is 9.70. The van der Waals surface area contributed by atoms with E-state index >= 15 is 0 Å². The Labute approximate surface area is 140 Å². The number of halogens is 1. The summed E-state index contributed by atoms with van der Waals surface area (Å²) >= 11 is 6.32. The van der Waals surface area contributed by atoms with E-state index in [0.717, 1.165) is 11.1 Å². The standard InChI is InChI=1S/C16H24ClNO3Si/c1-15(2,3)22-21-16(4,5)12-9-11(7-8-13(12)17)10-18(6)14(19)20/h7-9H,10H2,1-6H3,(H,19,20). The first-order valence-electron chi connectivity index (χ1n) is 7.10. The van der Waals surface area contributed by atoms with Crippen molar-refractivity contribution in [2.24, 2.45) is 0 Å². The topological polar surface area (TPSA) is 49.8 Å². The molecule has 0 atom stereocenters. The predicted octanol–water partition coefficient (Wildman–Crippen LogP) is 4.54. The molecule has 4 nitrogen and oxygen atoms in total. The van der Waals surface area contributed by atoms with Gasteiger partial charge in [0.25, 0.3) is 0 Å². The monoisotopic (exact) mass is 341 g/mol. The summed E-state index contributed by atoms with van der Waals surface area (Å²) in [4.78, 5) is 12.2. The van der Waals surface area contributed by atoms with E-state index in [4.69, 9.17) is 21.1 Å². The third kappa shape index (κ3) is 5.63. The van der Waals surface area contributed by atoms with Gasteiger partial charge in [-0.1, -0.05) is 38.4 Å². The van der Waals surface area contributed by atoms with Crippen molar-refractivity contribution in [1.82, 2.24) is 4.90 Å². The van der Waals surface area contributed by atoms with Gasteiger partial charge in [-0.3, -0.25) is 0 Å². The summed E-state index contributed by atoms with van der Waals surface area (Å²) in [6, 6.07) is 5.57. The Morgan fingerprint density at radius 2 is 1.91 bits per heavy atom. The van der Waals surface area contributed by atoms with Gasteiger partial charge in [-0.25, -0.2) is 4.79 Å². The molecule has 1 N–H and O–H groups in total. The van der Waals surface area contributed by atoms with Crippen LogP contribution in [0.15, 0.2) is 18.2 Å². The Bertz CT molecular complexity index is 541. The Balaban J connectivity index is 3.00. The third-order valence-corrected chi connectivity index (χ3v) is 4.59. The predicted molar refractivity (Wildman–Crippen MR) is 90.5 cm³/mol. The molecule has 0 aliphatic heterocycles. The molecule has 22 heavy (non-hydrogen) atoms. The Hall–Kier alpha value is -1.04. The first-order valence-corrected chi connectivity index (χ1v) is 8.39. The second-order valence-corrected chi connectivity index (χ2v) is 9.23. The highest BCUT2D eigenvalue weighted by molar-refractivity contribution is 6.32. The number of benzene rings is 1. The summed E-state index contributed by atoms with van der Waals surface area (Å²) in [6.07, 6.45) is -0.957. The van der Waals surface area contributed by atoms with E-state index in [2.05, 4.69) is 20.8 Å². The number of amides is 1.